The second-order valence-electron chi connectivity index (χ2n) is 3.68. The van der Waals surface area contributed by atoms with Crippen LogP contribution < -0.4 is 10.5 Å². The van der Waals surface area contributed by atoms with E-state index in [2.05, 4.69) is 35.9 Å². The van der Waals surface area contributed by atoms with Crippen LogP contribution in [0, 0.1) is 0 Å². The molecular formula is C12H18N2OS. The molecule has 0 aliphatic heterocycles. The minimum atomic E-state index is -0.496. The van der Waals surface area contributed by atoms with Crippen molar-refractivity contribution < 1.29 is 4.79 Å². The Labute approximate surface area is 101 Å². The Kier molecular flexibility index (Phi) is 5.78. The summed E-state index contributed by atoms with van der Waals surface area (Å²) in [5.74, 6) is 0.747. The molecule has 0 aromatic heterocycles. The second-order valence-corrected chi connectivity index (χ2v) is 4.46. The standard InChI is InChI=1S/C12H18N2OS/c1-2-3-4-10-5-7-11(8-6-10)9-16-14-12(13)15/h5-8H,2-4,9H2,1H3,(H3,13,14,15). The van der Waals surface area contributed by atoms with Crippen LogP contribution in [-0.4, -0.2) is 6.03 Å². The first-order chi connectivity index (χ1) is 7.72. The highest BCUT2D eigenvalue weighted by molar-refractivity contribution is 7.97. The molecular weight excluding hydrogens is 220 g/mol. The fraction of sp³-hybridized carbons (Fsp3) is 0.417. The maximum Gasteiger partial charge on any atom is 0.322 e. The van der Waals surface area contributed by atoms with Crippen LogP contribution in [0.4, 0.5) is 4.79 Å². The van der Waals surface area contributed by atoms with Gasteiger partial charge in [-0.3, -0.25) is 4.72 Å². The number of nitrogens with one attached hydrogen (secondary N) is 1. The minimum Gasteiger partial charge on any atom is -0.351 e. The smallest absolute Gasteiger partial charge is 0.322 e. The normalized spacial score (nSPS) is 10.1. The molecule has 0 saturated heterocycles. The van der Waals surface area contributed by atoms with Crippen molar-refractivity contribution >= 4 is 18.0 Å². The van der Waals surface area contributed by atoms with Crippen LogP contribution in [0.1, 0.15) is 30.9 Å². The van der Waals surface area contributed by atoms with E-state index in [-0.39, 0.29) is 0 Å². The highest BCUT2D eigenvalue weighted by Gasteiger charge is 1.97. The quantitative estimate of drug-likeness (QED) is 0.749. The lowest BCUT2D eigenvalue weighted by Crippen LogP contribution is -2.22. The Morgan fingerprint density at radius 2 is 1.94 bits per heavy atom. The molecule has 88 valence electrons. The summed E-state index contributed by atoms with van der Waals surface area (Å²) in [5.41, 5.74) is 7.53. The van der Waals surface area contributed by atoms with E-state index in [1.54, 1.807) is 0 Å². The molecule has 16 heavy (non-hydrogen) atoms. The Morgan fingerprint density at radius 3 is 2.50 bits per heavy atom. The van der Waals surface area contributed by atoms with Crippen LogP contribution in [0.3, 0.4) is 0 Å². The highest BCUT2D eigenvalue weighted by atomic mass is 32.2. The summed E-state index contributed by atoms with van der Waals surface area (Å²) in [4.78, 5) is 10.5. The van der Waals surface area contributed by atoms with Gasteiger partial charge in [-0.15, -0.1) is 0 Å². The fourth-order valence-corrected chi connectivity index (χ4v) is 1.95. The van der Waals surface area contributed by atoms with Gasteiger partial charge in [-0.05, 0) is 35.9 Å². The van der Waals surface area contributed by atoms with Gasteiger partial charge in [-0.2, -0.15) is 0 Å². The van der Waals surface area contributed by atoms with Crippen LogP contribution >= 0.6 is 11.9 Å². The Balaban J connectivity index is 2.36. The molecule has 0 spiro atoms. The van der Waals surface area contributed by atoms with Gasteiger partial charge in [0.05, 0.1) is 0 Å². The summed E-state index contributed by atoms with van der Waals surface area (Å²) >= 11 is 1.31. The molecule has 1 aromatic rings. The van der Waals surface area contributed by atoms with E-state index in [1.807, 2.05) is 0 Å². The summed E-state index contributed by atoms with van der Waals surface area (Å²) in [6.07, 6.45) is 3.60. The summed E-state index contributed by atoms with van der Waals surface area (Å²) in [5, 5.41) is 0. The van der Waals surface area contributed by atoms with Crippen molar-refractivity contribution in [3.63, 3.8) is 0 Å². The van der Waals surface area contributed by atoms with Crippen molar-refractivity contribution in [1.29, 1.82) is 0 Å². The van der Waals surface area contributed by atoms with Crippen molar-refractivity contribution in [3.8, 4) is 0 Å². The maximum atomic E-state index is 10.5. The van der Waals surface area contributed by atoms with Crippen LogP contribution in [0.25, 0.3) is 0 Å². The monoisotopic (exact) mass is 238 g/mol. The second kappa shape index (κ2) is 7.17. The zero-order valence-electron chi connectivity index (χ0n) is 9.53. The summed E-state index contributed by atoms with van der Waals surface area (Å²) < 4.78 is 2.50. The third-order valence-corrected chi connectivity index (χ3v) is 3.08. The molecule has 0 fully saturated rings. The number of aryl methyl sites for hydroxylation is 1. The Hall–Kier alpha value is -1.16. The van der Waals surface area contributed by atoms with E-state index in [1.165, 1.54) is 35.9 Å². The molecule has 3 nitrogen and oxygen atoms in total. The first-order valence-electron chi connectivity index (χ1n) is 5.47. The van der Waals surface area contributed by atoms with Gasteiger partial charge in [-0.25, -0.2) is 4.79 Å². The Bertz CT molecular complexity index is 324. The van der Waals surface area contributed by atoms with E-state index in [0.29, 0.717) is 0 Å². The Morgan fingerprint density at radius 1 is 1.31 bits per heavy atom. The molecule has 0 radical (unpaired) electrons. The average Bonchev–Trinajstić information content (AvgIpc) is 2.27. The van der Waals surface area contributed by atoms with E-state index < -0.39 is 6.03 Å². The van der Waals surface area contributed by atoms with Crippen LogP contribution in [0.15, 0.2) is 24.3 Å². The highest BCUT2D eigenvalue weighted by Crippen LogP contribution is 2.12. The van der Waals surface area contributed by atoms with Crippen molar-refractivity contribution in [3.05, 3.63) is 35.4 Å². The van der Waals surface area contributed by atoms with Gasteiger partial charge in [0.25, 0.3) is 0 Å². The molecule has 0 unspecified atom stereocenters. The fourth-order valence-electron chi connectivity index (χ4n) is 1.37. The lowest BCUT2D eigenvalue weighted by atomic mass is 10.1. The lowest BCUT2D eigenvalue weighted by Gasteiger charge is -2.03. The summed E-state index contributed by atoms with van der Waals surface area (Å²) in [6, 6.07) is 8.00. The molecule has 1 aromatic carbocycles. The molecule has 3 N–H and O–H groups in total. The van der Waals surface area contributed by atoms with Gasteiger partial charge in [0.15, 0.2) is 0 Å². The predicted octanol–water partition coefficient (Wildman–Crippen LogP) is 2.85. The number of primary amides is 1. The van der Waals surface area contributed by atoms with Gasteiger partial charge in [0.1, 0.15) is 0 Å². The topological polar surface area (TPSA) is 55.1 Å². The molecule has 0 saturated carbocycles. The van der Waals surface area contributed by atoms with Crippen LogP contribution in [0.5, 0.6) is 0 Å². The summed E-state index contributed by atoms with van der Waals surface area (Å²) in [7, 11) is 0. The van der Waals surface area contributed by atoms with E-state index in [9.17, 15) is 4.79 Å². The maximum absolute atomic E-state index is 10.5. The first kappa shape index (κ1) is 12.9. The van der Waals surface area contributed by atoms with Crippen molar-refractivity contribution in [1.82, 2.24) is 4.72 Å². The van der Waals surface area contributed by atoms with Gasteiger partial charge >= 0.3 is 6.03 Å². The number of nitrogens with two attached hydrogens (primary N) is 1. The van der Waals surface area contributed by atoms with Crippen LogP contribution in [-0.2, 0) is 12.2 Å². The number of unbranched alkanes of at least 4 members (excludes halogenated alkanes) is 1. The SMILES string of the molecule is CCCCc1ccc(CSNC(N)=O)cc1. The molecule has 0 aliphatic rings. The van der Waals surface area contributed by atoms with Gasteiger partial charge in [0.2, 0.25) is 0 Å². The number of hydrogen-bond acceptors (Lipinski definition) is 2. The molecule has 4 heteroatoms. The molecule has 0 bridgehead atoms. The zero-order chi connectivity index (χ0) is 11.8. The number of carbonyl (C=O) groups excluding carboxylic acids is 1. The van der Waals surface area contributed by atoms with Crippen LogP contribution in [0.2, 0.25) is 0 Å². The number of hydrogen-bond donors (Lipinski definition) is 2. The average molecular weight is 238 g/mol. The van der Waals surface area contributed by atoms with E-state index in [0.717, 1.165) is 12.2 Å². The molecule has 0 atom stereocenters. The summed E-state index contributed by atoms with van der Waals surface area (Å²) in [6.45, 7) is 2.19. The molecule has 1 rings (SSSR count). The van der Waals surface area contributed by atoms with Gasteiger partial charge < -0.3 is 5.73 Å². The first-order valence-corrected chi connectivity index (χ1v) is 6.46. The van der Waals surface area contributed by atoms with Crippen molar-refractivity contribution in [2.75, 3.05) is 0 Å². The third kappa shape index (κ3) is 5.07. The van der Waals surface area contributed by atoms with E-state index >= 15 is 0 Å². The number of carbonyl (C=O) groups is 1. The number of benzene rings is 1. The molecule has 0 heterocycles. The number of urea groups is 1. The largest absolute Gasteiger partial charge is 0.351 e. The molecule has 2 amide bonds. The molecule has 0 aliphatic carbocycles. The van der Waals surface area contributed by atoms with Crippen molar-refractivity contribution in [2.24, 2.45) is 5.73 Å². The lowest BCUT2D eigenvalue weighted by molar-refractivity contribution is 0.254. The van der Waals surface area contributed by atoms with E-state index in [4.69, 9.17) is 5.73 Å². The number of amides is 2. The van der Waals surface area contributed by atoms with Crippen molar-refractivity contribution in [2.45, 2.75) is 31.9 Å². The minimum absolute atomic E-state index is 0.496. The third-order valence-electron chi connectivity index (χ3n) is 2.25. The predicted molar refractivity (Wildman–Crippen MR) is 69.1 cm³/mol. The van der Waals surface area contributed by atoms with Gasteiger partial charge in [-0.1, -0.05) is 37.6 Å². The number of rotatable bonds is 6. The van der Waals surface area contributed by atoms with Gasteiger partial charge in [0, 0.05) is 5.75 Å². The zero-order valence-corrected chi connectivity index (χ0v) is 10.3.